The number of halogens is 1. The van der Waals surface area contributed by atoms with Crippen molar-refractivity contribution in [1.82, 2.24) is 20.4 Å². The Morgan fingerprint density at radius 2 is 2.15 bits per heavy atom. The van der Waals surface area contributed by atoms with Gasteiger partial charge in [0.25, 0.3) is 5.91 Å². The lowest BCUT2D eigenvalue weighted by molar-refractivity contribution is 0.0942. The van der Waals surface area contributed by atoms with Crippen LogP contribution in [0.1, 0.15) is 10.4 Å². The highest BCUT2D eigenvalue weighted by Crippen LogP contribution is 2.14. The molecule has 1 fully saturated rings. The van der Waals surface area contributed by atoms with Gasteiger partial charge in [-0.3, -0.25) is 4.79 Å². The molecule has 2 heterocycles. The third-order valence-electron chi connectivity index (χ3n) is 3.35. The maximum Gasteiger partial charge on any atom is 0.254 e. The predicted molar refractivity (Wildman–Crippen MR) is 80.0 cm³/mol. The molecule has 1 aromatic carbocycles. The Bertz CT molecular complexity index is 604. The van der Waals surface area contributed by atoms with E-state index in [2.05, 4.69) is 31.7 Å². The van der Waals surface area contributed by atoms with E-state index >= 15 is 0 Å². The van der Waals surface area contributed by atoms with Gasteiger partial charge in [0.2, 0.25) is 0 Å². The number of benzene rings is 1. The van der Waals surface area contributed by atoms with Gasteiger partial charge in [-0.05, 0) is 24.3 Å². The normalized spacial score (nSPS) is 14.8. The molecule has 104 valence electrons. The van der Waals surface area contributed by atoms with Crippen molar-refractivity contribution in [3.05, 3.63) is 46.7 Å². The first-order valence-corrected chi connectivity index (χ1v) is 7.31. The summed E-state index contributed by atoms with van der Waals surface area (Å²) >= 11 is 3.39. The smallest absolute Gasteiger partial charge is 0.254 e. The molecule has 6 heteroatoms. The Balaban J connectivity index is 1.66. The fourth-order valence-corrected chi connectivity index (χ4v) is 2.27. The average Bonchev–Trinajstić information content (AvgIpc) is 2.87. The van der Waals surface area contributed by atoms with Crippen LogP contribution in [0.3, 0.4) is 0 Å². The number of amides is 1. The van der Waals surface area contributed by atoms with Crippen molar-refractivity contribution in [3.8, 4) is 5.69 Å². The van der Waals surface area contributed by atoms with E-state index in [9.17, 15) is 4.79 Å². The summed E-state index contributed by atoms with van der Waals surface area (Å²) in [6.07, 6.45) is 3.34. The Morgan fingerprint density at radius 3 is 2.80 bits per heavy atom. The second-order valence-electron chi connectivity index (χ2n) is 4.88. The van der Waals surface area contributed by atoms with Gasteiger partial charge in [0.05, 0.1) is 17.4 Å². The minimum atomic E-state index is -0.0692. The fourth-order valence-electron chi connectivity index (χ4n) is 2.01. The largest absolute Gasteiger partial charge is 0.352 e. The molecule has 1 aliphatic rings. The molecule has 0 unspecified atom stereocenters. The van der Waals surface area contributed by atoms with Crippen molar-refractivity contribution in [1.29, 1.82) is 0 Å². The van der Waals surface area contributed by atoms with Gasteiger partial charge in [0, 0.05) is 36.2 Å². The Labute approximate surface area is 125 Å². The van der Waals surface area contributed by atoms with Crippen LogP contribution in [0.5, 0.6) is 0 Å². The summed E-state index contributed by atoms with van der Waals surface area (Å²) in [5.74, 6) is 0.487. The number of rotatable bonds is 4. The third kappa shape index (κ3) is 2.91. The van der Waals surface area contributed by atoms with E-state index in [-0.39, 0.29) is 5.91 Å². The van der Waals surface area contributed by atoms with Gasteiger partial charge in [0.1, 0.15) is 0 Å². The summed E-state index contributed by atoms with van der Waals surface area (Å²) in [6, 6.07) is 7.78. The molecule has 3 rings (SSSR count). The van der Waals surface area contributed by atoms with Gasteiger partial charge >= 0.3 is 0 Å². The molecule has 1 amide bonds. The minimum absolute atomic E-state index is 0.0692. The van der Waals surface area contributed by atoms with Crippen LogP contribution in [-0.4, -0.2) is 35.3 Å². The molecule has 0 spiro atoms. The zero-order valence-corrected chi connectivity index (χ0v) is 12.4. The van der Waals surface area contributed by atoms with E-state index in [1.807, 2.05) is 24.3 Å². The van der Waals surface area contributed by atoms with Gasteiger partial charge < -0.3 is 10.6 Å². The lowest BCUT2D eigenvalue weighted by Crippen LogP contribution is -2.48. The molecule has 2 N–H and O–H groups in total. The molecule has 1 aromatic heterocycles. The molecule has 0 saturated carbocycles. The Kier molecular flexibility index (Phi) is 3.84. The molecule has 0 radical (unpaired) electrons. The van der Waals surface area contributed by atoms with E-state index in [0.29, 0.717) is 11.5 Å². The molecule has 1 aliphatic heterocycles. The maximum absolute atomic E-state index is 12.0. The van der Waals surface area contributed by atoms with Gasteiger partial charge in [-0.2, -0.15) is 5.10 Å². The highest BCUT2D eigenvalue weighted by atomic mass is 79.9. The van der Waals surface area contributed by atoms with Crippen LogP contribution in [0.25, 0.3) is 5.69 Å². The van der Waals surface area contributed by atoms with Crippen molar-refractivity contribution in [3.63, 3.8) is 0 Å². The first kappa shape index (κ1) is 13.3. The van der Waals surface area contributed by atoms with E-state index in [1.165, 1.54) is 0 Å². The average molecular weight is 335 g/mol. The van der Waals surface area contributed by atoms with Crippen LogP contribution in [0.4, 0.5) is 0 Å². The van der Waals surface area contributed by atoms with Crippen molar-refractivity contribution in [2.75, 3.05) is 19.6 Å². The van der Waals surface area contributed by atoms with Crippen LogP contribution in [0, 0.1) is 5.92 Å². The molecule has 1 saturated heterocycles. The highest BCUT2D eigenvalue weighted by Gasteiger charge is 2.18. The summed E-state index contributed by atoms with van der Waals surface area (Å²) in [6.45, 7) is 2.69. The maximum atomic E-state index is 12.0. The van der Waals surface area contributed by atoms with E-state index in [1.54, 1.807) is 17.1 Å². The second kappa shape index (κ2) is 5.76. The Morgan fingerprint density at radius 1 is 1.40 bits per heavy atom. The van der Waals surface area contributed by atoms with E-state index in [4.69, 9.17) is 0 Å². The third-order valence-corrected chi connectivity index (χ3v) is 3.88. The van der Waals surface area contributed by atoms with Crippen LogP contribution in [0.15, 0.2) is 41.1 Å². The summed E-state index contributed by atoms with van der Waals surface area (Å²) in [5.41, 5.74) is 1.51. The van der Waals surface area contributed by atoms with E-state index in [0.717, 1.165) is 29.8 Å². The minimum Gasteiger partial charge on any atom is -0.352 e. The Hall–Kier alpha value is -1.66. The monoisotopic (exact) mass is 334 g/mol. The molecule has 5 nitrogen and oxygen atoms in total. The van der Waals surface area contributed by atoms with Crippen LogP contribution in [-0.2, 0) is 0 Å². The molecular formula is C14H15BrN4O. The number of carbonyl (C=O) groups is 1. The van der Waals surface area contributed by atoms with Crippen molar-refractivity contribution >= 4 is 21.8 Å². The zero-order chi connectivity index (χ0) is 13.9. The van der Waals surface area contributed by atoms with E-state index < -0.39 is 0 Å². The van der Waals surface area contributed by atoms with Crippen molar-refractivity contribution in [2.24, 2.45) is 5.92 Å². The van der Waals surface area contributed by atoms with Crippen LogP contribution < -0.4 is 10.6 Å². The lowest BCUT2D eigenvalue weighted by Gasteiger charge is -2.26. The number of nitrogens with one attached hydrogen (secondary N) is 2. The van der Waals surface area contributed by atoms with Crippen molar-refractivity contribution < 1.29 is 4.79 Å². The summed E-state index contributed by atoms with van der Waals surface area (Å²) in [7, 11) is 0. The molecule has 0 atom stereocenters. The highest BCUT2D eigenvalue weighted by molar-refractivity contribution is 9.10. The van der Waals surface area contributed by atoms with Crippen LogP contribution >= 0.6 is 15.9 Å². The SMILES string of the molecule is O=C(NCC1CNC1)c1cnn(-c2ccc(Br)cc2)c1. The van der Waals surface area contributed by atoms with Gasteiger partial charge in [0.15, 0.2) is 0 Å². The van der Waals surface area contributed by atoms with Crippen molar-refractivity contribution in [2.45, 2.75) is 0 Å². The number of aromatic nitrogens is 2. The molecule has 0 aliphatic carbocycles. The summed E-state index contributed by atoms with van der Waals surface area (Å²) < 4.78 is 2.71. The molecule has 2 aromatic rings. The molecule has 0 bridgehead atoms. The predicted octanol–water partition coefficient (Wildman–Crippen LogP) is 1.58. The first-order valence-electron chi connectivity index (χ1n) is 6.52. The summed E-state index contributed by atoms with van der Waals surface area (Å²) in [4.78, 5) is 12.0. The fraction of sp³-hybridized carbons (Fsp3) is 0.286. The second-order valence-corrected chi connectivity index (χ2v) is 5.80. The number of hydrogen-bond acceptors (Lipinski definition) is 3. The molecule has 20 heavy (non-hydrogen) atoms. The number of nitrogens with zero attached hydrogens (tertiary/aromatic N) is 2. The lowest BCUT2D eigenvalue weighted by atomic mass is 10.0. The summed E-state index contributed by atoms with van der Waals surface area (Å²) in [5, 5.41) is 10.3. The van der Waals surface area contributed by atoms with Gasteiger partial charge in [-0.25, -0.2) is 4.68 Å². The van der Waals surface area contributed by atoms with Crippen LogP contribution in [0.2, 0.25) is 0 Å². The number of carbonyl (C=O) groups excluding carboxylic acids is 1. The number of hydrogen-bond donors (Lipinski definition) is 2. The zero-order valence-electron chi connectivity index (χ0n) is 10.8. The molecular weight excluding hydrogens is 320 g/mol. The quantitative estimate of drug-likeness (QED) is 0.892. The first-order chi connectivity index (χ1) is 9.72. The standard InChI is InChI=1S/C14H15BrN4O/c15-12-1-3-13(4-2-12)19-9-11(8-18-19)14(20)17-7-10-5-16-6-10/h1-4,8-10,16H,5-7H2,(H,17,20). The topological polar surface area (TPSA) is 59.0 Å². The van der Waals surface area contributed by atoms with Gasteiger partial charge in [-0.15, -0.1) is 0 Å². The van der Waals surface area contributed by atoms with Gasteiger partial charge in [-0.1, -0.05) is 15.9 Å².